The quantitative estimate of drug-likeness (QED) is 0.372. The zero-order chi connectivity index (χ0) is 17.0. The molecule has 0 unspecified atom stereocenters. The molecule has 0 fully saturated rings. The lowest BCUT2D eigenvalue weighted by Gasteiger charge is -2.12. The van der Waals surface area contributed by atoms with Crippen LogP contribution in [0.2, 0.25) is 0 Å². The molecule has 0 aliphatic carbocycles. The molecule has 8 heteroatoms. The van der Waals surface area contributed by atoms with Crippen LogP contribution in [0.3, 0.4) is 0 Å². The number of carbonyl (C=O) groups is 1. The van der Waals surface area contributed by atoms with Gasteiger partial charge in [-0.25, -0.2) is 0 Å². The number of aryl methyl sites for hydroxylation is 1. The lowest BCUT2D eigenvalue weighted by atomic mass is 10.1. The molecule has 23 heavy (non-hydrogen) atoms. The monoisotopic (exact) mass is 651 g/mol. The number of aromatic hydroxyl groups is 1. The summed E-state index contributed by atoms with van der Waals surface area (Å²) in [5.41, 5.74) is 1.01. The van der Waals surface area contributed by atoms with Gasteiger partial charge in [-0.15, -0.1) is 0 Å². The summed E-state index contributed by atoms with van der Waals surface area (Å²) in [5.74, 6) is 6.03. The van der Waals surface area contributed by atoms with Gasteiger partial charge in [0, 0.05) is 0 Å². The molecule has 2 aromatic rings. The number of halogens is 3. The Morgan fingerprint density at radius 1 is 1.09 bits per heavy atom. The van der Waals surface area contributed by atoms with Gasteiger partial charge in [0.25, 0.3) is 0 Å². The average molecular weight is 651 g/mol. The zero-order valence-electron chi connectivity index (χ0n) is 11.7. The van der Waals surface area contributed by atoms with E-state index in [0.717, 1.165) is 22.0 Å². The third-order valence-electron chi connectivity index (χ3n) is 2.95. The maximum absolute atomic E-state index is 11.1. The van der Waals surface area contributed by atoms with Crippen LogP contribution in [0, 0.1) is 10.7 Å². The largest absolute Gasteiger partial charge is 0.507 e. The van der Waals surface area contributed by atoms with Crippen LogP contribution in [0.5, 0.6) is 17.2 Å². The Morgan fingerprint density at radius 2 is 1.74 bits per heavy atom. The number of rotatable bonds is 5. The molecule has 0 aromatic heterocycles. The highest BCUT2D eigenvalue weighted by Gasteiger charge is 2.12. The van der Waals surface area contributed by atoms with Crippen molar-refractivity contribution < 1.29 is 19.5 Å². The van der Waals surface area contributed by atoms with Crippen LogP contribution >= 0.6 is 67.8 Å². The van der Waals surface area contributed by atoms with Gasteiger partial charge in [-0.05, 0) is 110 Å². The smallest absolute Gasteiger partial charge is 0.324 e. The molecular weight excluding hydrogens is 639 g/mol. The summed E-state index contributed by atoms with van der Waals surface area (Å²) >= 11 is 6.44. The Hall–Kier alpha value is -0.340. The van der Waals surface area contributed by atoms with Crippen LogP contribution in [-0.4, -0.2) is 11.1 Å². The fourth-order valence-electron chi connectivity index (χ4n) is 1.83. The number of phenols is 1. The Kier molecular flexibility index (Phi) is 7.16. The molecule has 5 nitrogen and oxygen atoms in total. The van der Waals surface area contributed by atoms with Gasteiger partial charge in [-0.3, -0.25) is 4.79 Å². The highest BCUT2D eigenvalue weighted by molar-refractivity contribution is 14.1. The van der Waals surface area contributed by atoms with E-state index < -0.39 is 5.97 Å². The molecule has 2 rings (SSSR count). The average Bonchev–Trinajstić information content (AvgIpc) is 2.51. The molecule has 0 bridgehead atoms. The van der Waals surface area contributed by atoms with E-state index in [1.807, 2.05) is 34.7 Å². The van der Waals surface area contributed by atoms with Gasteiger partial charge >= 0.3 is 5.97 Å². The summed E-state index contributed by atoms with van der Waals surface area (Å²) in [6, 6.07) is 9.02. The molecule has 0 aliphatic heterocycles. The maximum atomic E-state index is 11.1. The third kappa shape index (κ3) is 5.32. The predicted molar refractivity (Wildman–Crippen MR) is 111 cm³/mol. The Bertz CT molecular complexity index is 714. The van der Waals surface area contributed by atoms with E-state index >= 15 is 0 Å². The van der Waals surface area contributed by atoms with Crippen molar-refractivity contribution in [3.63, 3.8) is 0 Å². The number of hydrogen-bond donors (Lipinski definition) is 2. The second kappa shape index (κ2) is 8.67. The first-order valence-electron chi connectivity index (χ1n) is 6.44. The molecule has 3 N–H and O–H groups in total. The highest BCUT2D eigenvalue weighted by atomic mass is 127. The lowest BCUT2D eigenvalue weighted by molar-refractivity contribution is -0.144. The fourth-order valence-corrected chi connectivity index (χ4v) is 4.43. The fraction of sp³-hybridized carbons (Fsp3) is 0.133. The molecule has 0 aliphatic rings. The van der Waals surface area contributed by atoms with E-state index in [9.17, 15) is 9.90 Å². The number of carbonyl (C=O) groups excluding carboxylic acids is 1. The van der Waals surface area contributed by atoms with Crippen molar-refractivity contribution in [1.29, 1.82) is 0 Å². The van der Waals surface area contributed by atoms with Crippen molar-refractivity contribution in [3.05, 3.63) is 46.6 Å². The number of ether oxygens (including phenoxy) is 1. The van der Waals surface area contributed by atoms with Crippen molar-refractivity contribution >= 4 is 73.7 Å². The number of phenolic OH excluding ortho intramolecular Hbond substituents is 1. The molecular formula is C15H12I3NO4. The number of hydrogen-bond acceptors (Lipinski definition) is 5. The van der Waals surface area contributed by atoms with E-state index in [4.69, 9.17) is 10.6 Å². The van der Waals surface area contributed by atoms with E-state index in [2.05, 4.69) is 50.0 Å². The molecule has 0 radical (unpaired) electrons. The van der Waals surface area contributed by atoms with Crippen LogP contribution in [0.15, 0.2) is 30.3 Å². The number of nitrogens with two attached hydrogens (primary N) is 1. The minimum absolute atomic E-state index is 0.226. The van der Waals surface area contributed by atoms with E-state index in [0.29, 0.717) is 12.2 Å². The SMILES string of the molecule is NOC(=O)CCc1cc(I)c(Oc2ccc(O)c(I)c2)c(I)c1. The Morgan fingerprint density at radius 3 is 2.30 bits per heavy atom. The van der Waals surface area contributed by atoms with Gasteiger partial charge < -0.3 is 14.7 Å². The summed E-state index contributed by atoms with van der Waals surface area (Å²) in [4.78, 5) is 15.3. The third-order valence-corrected chi connectivity index (χ3v) is 5.41. The second-order valence-corrected chi connectivity index (χ2v) is 8.08. The summed E-state index contributed by atoms with van der Waals surface area (Å²) in [5, 5.41) is 9.57. The van der Waals surface area contributed by atoms with Crippen LogP contribution in [-0.2, 0) is 16.1 Å². The van der Waals surface area contributed by atoms with Gasteiger partial charge in [0.15, 0.2) is 5.75 Å². The lowest BCUT2D eigenvalue weighted by Crippen LogP contribution is -2.10. The number of benzene rings is 2. The first kappa shape index (κ1) is 19.0. The topological polar surface area (TPSA) is 81.8 Å². The van der Waals surface area contributed by atoms with Crippen molar-refractivity contribution in [2.45, 2.75) is 12.8 Å². The molecule has 0 atom stereocenters. The van der Waals surface area contributed by atoms with Crippen molar-refractivity contribution in [3.8, 4) is 17.2 Å². The highest BCUT2D eigenvalue weighted by Crippen LogP contribution is 2.34. The Balaban J connectivity index is 2.19. The van der Waals surface area contributed by atoms with Crippen molar-refractivity contribution in [2.24, 2.45) is 5.90 Å². The first-order valence-corrected chi connectivity index (χ1v) is 9.68. The Labute approximate surface area is 174 Å². The summed E-state index contributed by atoms with van der Waals surface area (Å²) in [6.45, 7) is 0. The van der Waals surface area contributed by atoms with E-state index in [-0.39, 0.29) is 12.2 Å². The summed E-state index contributed by atoms with van der Waals surface area (Å²) in [7, 11) is 0. The van der Waals surface area contributed by atoms with Gasteiger partial charge in [0.2, 0.25) is 0 Å². The standard InChI is InChI=1S/C15H12I3NO4/c16-10-7-9(2-3-13(10)20)22-15-11(17)5-8(6-12(15)18)1-4-14(21)23-19/h2-3,5-7,20H,1,4,19H2. The molecule has 0 saturated carbocycles. The molecule has 0 amide bonds. The normalized spacial score (nSPS) is 10.4. The maximum Gasteiger partial charge on any atom is 0.324 e. The van der Waals surface area contributed by atoms with Gasteiger partial charge in [-0.1, -0.05) is 0 Å². The van der Waals surface area contributed by atoms with Crippen LogP contribution in [0.4, 0.5) is 0 Å². The summed E-state index contributed by atoms with van der Waals surface area (Å²) < 4.78 is 8.54. The molecule has 0 heterocycles. The summed E-state index contributed by atoms with van der Waals surface area (Å²) in [6.07, 6.45) is 0.790. The minimum atomic E-state index is -0.436. The van der Waals surface area contributed by atoms with E-state index in [1.54, 1.807) is 18.2 Å². The molecule has 122 valence electrons. The van der Waals surface area contributed by atoms with Crippen LogP contribution < -0.4 is 10.6 Å². The minimum Gasteiger partial charge on any atom is -0.507 e. The molecule has 0 spiro atoms. The van der Waals surface area contributed by atoms with E-state index in [1.165, 1.54) is 0 Å². The van der Waals surface area contributed by atoms with Crippen LogP contribution in [0.25, 0.3) is 0 Å². The van der Waals surface area contributed by atoms with Gasteiger partial charge in [-0.2, -0.15) is 5.90 Å². The van der Waals surface area contributed by atoms with Crippen molar-refractivity contribution in [1.82, 2.24) is 0 Å². The van der Waals surface area contributed by atoms with Gasteiger partial charge in [0.05, 0.1) is 17.1 Å². The molecule has 2 aromatic carbocycles. The van der Waals surface area contributed by atoms with Crippen molar-refractivity contribution in [2.75, 3.05) is 0 Å². The predicted octanol–water partition coefficient (Wildman–Crippen LogP) is 4.35. The second-order valence-electron chi connectivity index (χ2n) is 4.59. The van der Waals surface area contributed by atoms with Crippen LogP contribution in [0.1, 0.15) is 12.0 Å². The zero-order valence-corrected chi connectivity index (χ0v) is 18.2. The first-order chi connectivity index (χ1) is 10.9. The molecule has 0 saturated heterocycles. The van der Waals surface area contributed by atoms with Gasteiger partial charge in [0.1, 0.15) is 11.5 Å².